The van der Waals surface area contributed by atoms with Crippen LogP contribution in [-0.4, -0.2) is 29.1 Å². The fourth-order valence-electron chi connectivity index (χ4n) is 2.42. The van der Waals surface area contributed by atoms with E-state index in [1.807, 2.05) is 0 Å². The van der Waals surface area contributed by atoms with Gasteiger partial charge in [0.05, 0.1) is 0 Å². The second kappa shape index (κ2) is 5.34. The lowest BCUT2D eigenvalue weighted by Gasteiger charge is -2.29. The van der Waals surface area contributed by atoms with Gasteiger partial charge in [0, 0.05) is 13.1 Å². The molecule has 1 aromatic heterocycles. The SMILES string of the molecule is CN(c1nc(C(F)(F)F)c(C(=O)O)o1)C1CCCCC1. The Hall–Kier alpha value is -1.73. The Morgan fingerprint density at radius 3 is 2.40 bits per heavy atom. The molecule has 0 unspecified atom stereocenters. The summed E-state index contributed by atoms with van der Waals surface area (Å²) >= 11 is 0. The summed E-state index contributed by atoms with van der Waals surface area (Å²) in [5.41, 5.74) is -1.48. The highest BCUT2D eigenvalue weighted by molar-refractivity contribution is 5.86. The van der Waals surface area contributed by atoms with Crippen molar-refractivity contribution in [3.8, 4) is 0 Å². The van der Waals surface area contributed by atoms with Crippen LogP contribution in [0, 0.1) is 0 Å². The maximum absolute atomic E-state index is 12.7. The highest BCUT2D eigenvalue weighted by Gasteiger charge is 2.42. The highest BCUT2D eigenvalue weighted by Crippen LogP contribution is 2.35. The van der Waals surface area contributed by atoms with Gasteiger partial charge >= 0.3 is 12.1 Å². The van der Waals surface area contributed by atoms with Gasteiger partial charge in [0.2, 0.25) is 5.76 Å². The Morgan fingerprint density at radius 2 is 1.95 bits per heavy atom. The first-order valence-electron chi connectivity index (χ1n) is 6.35. The van der Waals surface area contributed by atoms with E-state index in [4.69, 9.17) is 9.52 Å². The molecule has 0 radical (unpaired) electrons. The number of nitrogens with zero attached hydrogens (tertiary/aromatic N) is 2. The van der Waals surface area contributed by atoms with E-state index in [-0.39, 0.29) is 12.1 Å². The summed E-state index contributed by atoms with van der Waals surface area (Å²) < 4.78 is 43.0. The van der Waals surface area contributed by atoms with Crippen molar-refractivity contribution in [2.24, 2.45) is 0 Å². The largest absolute Gasteiger partial charge is 0.475 e. The Morgan fingerprint density at radius 1 is 1.35 bits per heavy atom. The van der Waals surface area contributed by atoms with Gasteiger partial charge in [-0.05, 0) is 12.8 Å². The van der Waals surface area contributed by atoms with Crippen molar-refractivity contribution in [1.29, 1.82) is 0 Å². The monoisotopic (exact) mass is 292 g/mol. The highest BCUT2D eigenvalue weighted by atomic mass is 19.4. The first-order chi connectivity index (χ1) is 9.30. The summed E-state index contributed by atoms with van der Waals surface area (Å²) in [7, 11) is 1.58. The smallest absolute Gasteiger partial charge is 0.437 e. The number of alkyl halides is 3. The lowest BCUT2D eigenvalue weighted by molar-refractivity contribution is -0.141. The third kappa shape index (κ3) is 2.88. The third-order valence-electron chi connectivity index (χ3n) is 3.50. The number of oxazole rings is 1. The molecule has 2 rings (SSSR count). The molecule has 112 valence electrons. The average molecular weight is 292 g/mol. The normalized spacial score (nSPS) is 17.2. The van der Waals surface area contributed by atoms with Crippen LogP contribution in [-0.2, 0) is 6.18 Å². The van der Waals surface area contributed by atoms with Crippen molar-refractivity contribution in [3.63, 3.8) is 0 Å². The van der Waals surface area contributed by atoms with Crippen LogP contribution < -0.4 is 4.90 Å². The molecule has 0 bridgehead atoms. The first kappa shape index (κ1) is 14.7. The minimum absolute atomic E-state index is 0.0325. The molecule has 0 saturated heterocycles. The molecule has 1 aliphatic carbocycles. The molecule has 1 N–H and O–H groups in total. The van der Waals surface area contributed by atoms with Crippen LogP contribution in [0.1, 0.15) is 48.4 Å². The second-order valence-corrected chi connectivity index (χ2v) is 4.88. The molecule has 0 spiro atoms. The molecule has 1 aromatic rings. The van der Waals surface area contributed by atoms with Gasteiger partial charge in [0.25, 0.3) is 6.01 Å². The predicted molar refractivity (Wildman–Crippen MR) is 63.7 cm³/mol. The van der Waals surface area contributed by atoms with E-state index in [0.717, 1.165) is 32.1 Å². The van der Waals surface area contributed by atoms with Gasteiger partial charge in [-0.15, -0.1) is 0 Å². The maximum Gasteiger partial charge on any atom is 0.437 e. The van der Waals surface area contributed by atoms with Crippen molar-refractivity contribution in [2.75, 3.05) is 11.9 Å². The van der Waals surface area contributed by atoms with Crippen molar-refractivity contribution in [2.45, 2.75) is 44.3 Å². The Labute approximate surface area is 113 Å². The van der Waals surface area contributed by atoms with Crippen LogP contribution in [0.4, 0.5) is 19.2 Å². The summed E-state index contributed by atoms with van der Waals surface area (Å²) in [5.74, 6) is -2.93. The molecule has 0 aromatic carbocycles. The number of carboxylic acids is 1. The summed E-state index contributed by atoms with van der Waals surface area (Å²) in [4.78, 5) is 15.7. The molecular formula is C12H15F3N2O3. The van der Waals surface area contributed by atoms with Gasteiger partial charge in [-0.2, -0.15) is 18.2 Å². The van der Waals surface area contributed by atoms with E-state index < -0.39 is 23.6 Å². The molecule has 1 heterocycles. The van der Waals surface area contributed by atoms with Crippen molar-refractivity contribution < 1.29 is 27.5 Å². The fourth-order valence-corrected chi connectivity index (χ4v) is 2.42. The molecular weight excluding hydrogens is 277 g/mol. The van der Waals surface area contributed by atoms with Gasteiger partial charge in [-0.3, -0.25) is 0 Å². The van der Waals surface area contributed by atoms with Gasteiger partial charge in [0.1, 0.15) is 0 Å². The lowest BCUT2D eigenvalue weighted by atomic mass is 9.95. The first-order valence-corrected chi connectivity index (χ1v) is 6.35. The minimum atomic E-state index is -4.84. The molecule has 0 atom stereocenters. The van der Waals surface area contributed by atoms with Crippen molar-refractivity contribution in [3.05, 3.63) is 11.5 Å². The fraction of sp³-hybridized carbons (Fsp3) is 0.667. The molecule has 1 fully saturated rings. The lowest BCUT2D eigenvalue weighted by Crippen LogP contribution is -2.33. The van der Waals surface area contributed by atoms with Gasteiger partial charge < -0.3 is 14.4 Å². The van der Waals surface area contributed by atoms with E-state index >= 15 is 0 Å². The summed E-state index contributed by atoms with van der Waals surface area (Å²) in [5, 5.41) is 8.78. The van der Waals surface area contributed by atoms with E-state index in [1.165, 1.54) is 4.90 Å². The number of halogens is 3. The van der Waals surface area contributed by atoms with Gasteiger partial charge in [0.15, 0.2) is 5.69 Å². The Balaban J connectivity index is 2.30. The number of aromatic nitrogens is 1. The number of hydrogen-bond acceptors (Lipinski definition) is 4. The zero-order chi connectivity index (χ0) is 14.9. The standard InChI is InChI=1S/C12H15F3N2O3/c1-17(7-5-3-2-4-6-7)11-16-9(12(13,14)15)8(20-11)10(18)19/h7H,2-6H2,1H3,(H,18,19). The average Bonchev–Trinajstić information content (AvgIpc) is 2.84. The van der Waals surface area contributed by atoms with E-state index in [0.29, 0.717) is 0 Å². The summed E-state index contributed by atoms with van der Waals surface area (Å²) in [6.45, 7) is 0. The second-order valence-electron chi connectivity index (χ2n) is 4.88. The topological polar surface area (TPSA) is 66.6 Å². The number of carbonyl (C=O) groups is 1. The van der Waals surface area contributed by atoms with Crippen LogP contribution in [0.3, 0.4) is 0 Å². The Kier molecular flexibility index (Phi) is 3.92. The van der Waals surface area contributed by atoms with E-state index in [9.17, 15) is 18.0 Å². The molecule has 0 amide bonds. The molecule has 5 nitrogen and oxygen atoms in total. The molecule has 1 aliphatic rings. The molecule has 1 saturated carbocycles. The summed E-state index contributed by atoms with van der Waals surface area (Å²) in [6.07, 6.45) is -0.0838. The Bertz CT molecular complexity index is 493. The van der Waals surface area contributed by atoms with Crippen molar-refractivity contribution in [1.82, 2.24) is 4.98 Å². The quantitative estimate of drug-likeness (QED) is 0.927. The molecule has 8 heteroatoms. The van der Waals surface area contributed by atoms with Gasteiger partial charge in [-0.25, -0.2) is 4.79 Å². The van der Waals surface area contributed by atoms with Crippen LogP contribution in [0.25, 0.3) is 0 Å². The number of anilines is 1. The van der Waals surface area contributed by atoms with Crippen LogP contribution >= 0.6 is 0 Å². The van der Waals surface area contributed by atoms with E-state index in [2.05, 4.69) is 4.98 Å². The summed E-state index contributed by atoms with van der Waals surface area (Å²) in [6, 6.07) is -0.258. The number of aromatic carboxylic acids is 1. The minimum Gasteiger partial charge on any atom is -0.475 e. The predicted octanol–water partition coefficient (Wildman–Crippen LogP) is 3.16. The maximum atomic E-state index is 12.7. The zero-order valence-electron chi connectivity index (χ0n) is 10.9. The van der Waals surface area contributed by atoms with Crippen LogP contribution in [0.5, 0.6) is 0 Å². The number of hydrogen-bond donors (Lipinski definition) is 1. The molecule has 0 aliphatic heterocycles. The van der Waals surface area contributed by atoms with Gasteiger partial charge in [-0.1, -0.05) is 19.3 Å². The number of carboxylic acid groups (broad SMARTS) is 1. The molecule has 20 heavy (non-hydrogen) atoms. The van der Waals surface area contributed by atoms with Crippen LogP contribution in [0.15, 0.2) is 4.42 Å². The van der Waals surface area contributed by atoms with Crippen LogP contribution in [0.2, 0.25) is 0 Å². The van der Waals surface area contributed by atoms with E-state index in [1.54, 1.807) is 7.05 Å². The number of rotatable bonds is 3. The zero-order valence-corrected chi connectivity index (χ0v) is 10.9. The third-order valence-corrected chi connectivity index (χ3v) is 3.50. The van der Waals surface area contributed by atoms with Crippen molar-refractivity contribution >= 4 is 12.0 Å².